The fraction of sp³-hybridized carbons (Fsp3) is 0.467. The molecule has 1 rings (SSSR count). The van der Waals surface area contributed by atoms with Crippen molar-refractivity contribution in [1.82, 2.24) is 0 Å². The second kappa shape index (κ2) is 7.53. The SMILES string of the molecule is C=CCC(O)c1c(CC)cc(C(F)(F)P(=O)(O)O)c(Br)c1CC. The lowest BCUT2D eigenvalue weighted by molar-refractivity contribution is 0.0554. The van der Waals surface area contributed by atoms with Crippen LogP contribution in [0.1, 0.15) is 48.6 Å². The summed E-state index contributed by atoms with van der Waals surface area (Å²) in [7, 11) is -5.67. The maximum atomic E-state index is 14.2. The van der Waals surface area contributed by atoms with Crippen LogP contribution in [0.3, 0.4) is 0 Å². The number of aryl methyl sites for hydroxylation is 1. The van der Waals surface area contributed by atoms with Gasteiger partial charge in [0.05, 0.1) is 6.10 Å². The van der Waals surface area contributed by atoms with E-state index in [-0.39, 0.29) is 10.9 Å². The third kappa shape index (κ3) is 3.91. The Hall–Kier alpha value is -0.590. The van der Waals surface area contributed by atoms with E-state index in [2.05, 4.69) is 22.5 Å². The molecule has 0 saturated heterocycles. The van der Waals surface area contributed by atoms with Gasteiger partial charge in [-0.3, -0.25) is 4.57 Å². The van der Waals surface area contributed by atoms with E-state index in [9.17, 15) is 18.5 Å². The van der Waals surface area contributed by atoms with E-state index >= 15 is 0 Å². The molecule has 3 N–H and O–H groups in total. The molecule has 0 radical (unpaired) electrons. The summed E-state index contributed by atoms with van der Waals surface area (Å²) in [5, 5.41) is 10.3. The number of hydrogen-bond acceptors (Lipinski definition) is 2. The normalized spacial score (nSPS) is 13.9. The molecule has 0 aliphatic carbocycles. The van der Waals surface area contributed by atoms with Crippen LogP contribution in [0.25, 0.3) is 0 Å². The number of aliphatic hydroxyl groups is 1. The number of rotatable bonds is 7. The van der Waals surface area contributed by atoms with Gasteiger partial charge < -0.3 is 14.9 Å². The number of aliphatic hydroxyl groups excluding tert-OH is 1. The Morgan fingerprint density at radius 3 is 2.35 bits per heavy atom. The minimum absolute atomic E-state index is 0.0800. The van der Waals surface area contributed by atoms with Crippen LogP contribution in [0, 0.1) is 0 Å². The van der Waals surface area contributed by atoms with Crippen molar-refractivity contribution in [2.75, 3.05) is 0 Å². The second-order valence-electron chi connectivity index (χ2n) is 5.12. The summed E-state index contributed by atoms with van der Waals surface area (Å²) in [5.41, 5.74) is -3.70. The maximum Gasteiger partial charge on any atom is 0.399 e. The first-order valence-electron chi connectivity index (χ1n) is 7.09. The minimum Gasteiger partial charge on any atom is -0.388 e. The summed E-state index contributed by atoms with van der Waals surface area (Å²) in [6.07, 6.45) is 1.53. The van der Waals surface area contributed by atoms with Crippen LogP contribution in [0.5, 0.6) is 0 Å². The monoisotopic (exact) mass is 412 g/mol. The number of hydrogen-bond donors (Lipinski definition) is 3. The Bertz CT molecular complexity index is 643. The van der Waals surface area contributed by atoms with Crippen molar-refractivity contribution < 1.29 is 28.2 Å². The number of halogens is 3. The van der Waals surface area contributed by atoms with Gasteiger partial charge in [0.1, 0.15) is 0 Å². The van der Waals surface area contributed by atoms with Gasteiger partial charge in [-0.2, -0.15) is 8.78 Å². The van der Waals surface area contributed by atoms with Gasteiger partial charge >= 0.3 is 13.3 Å². The first kappa shape index (κ1) is 20.5. The van der Waals surface area contributed by atoms with Gasteiger partial charge in [-0.15, -0.1) is 6.58 Å². The molecule has 0 amide bonds. The molecule has 0 aromatic heterocycles. The lowest BCUT2D eigenvalue weighted by Crippen LogP contribution is -2.18. The number of benzene rings is 1. The highest BCUT2D eigenvalue weighted by Gasteiger charge is 2.52. The Kier molecular flexibility index (Phi) is 6.70. The first-order chi connectivity index (χ1) is 10.5. The Labute approximate surface area is 142 Å². The van der Waals surface area contributed by atoms with Crippen LogP contribution in [0.2, 0.25) is 0 Å². The Morgan fingerprint density at radius 2 is 1.96 bits per heavy atom. The molecular formula is C15H20BrF2O4P. The van der Waals surface area contributed by atoms with Crippen molar-refractivity contribution in [1.29, 1.82) is 0 Å². The number of alkyl halides is 2. The zero-order chi connectivity index (χ0) is 18.0. The molecule has 1 unspecified atom stereocenters. The Morgan fingerprint density at radius 1 is 1.39 bits per heavy atom. The van der Waals surface area contributed by atoms with Gasteiger partial charge in [0, 0.05) is 10.0 Å². The fourth-order valence-corrected chi connectivity index (χ4v) is 4.00. The van der Waals surface area contributed by atoms with Gasteiger partial charge in [0.25, 0.3) is 0 Å². The molecule has 0 heterocycles. The fourth-order valence-electron chi connectivity index (χ4n) is 2.49. The molecule has 1 aromatic rings. The molecule has 23 heavy (non-hydrogen) atoms. The summed E-state index contributed by atoms with van der Waals surface area (Å²) in [6, 6.07) is 1.06. The second-order valence-corrected chi connectivity index (χ2v) is 7.56. The highest BCUT2D eigenvalue weighted by molar-refractivity contribution is 9.10. The molecule has 1 aromatic carbocycles. The van der Waals surface area contributed by atoms with Crippen LogP contribution in [-0.2, 0) is 23.1 Å². The smallest absolute Gasteiger partial charge is 0.388 e. The highest BCUT2D eigenvalue weighted by Crippen LogP contribution is 2.61. The van der Waals surface area contributed by atoms with Crippen LogP contribution < -0.4 is 0 Å². The molecular weight excluding hydrogens is 393 g/mol. The summed E-state index contributed by atoms with van der Waals surface area (Å²) in [4.78, 5) is 18.0. The van der Waals surface area contributed by atoms with Gasteiger partial charge in [0.15, 0.2) is 0 Å². The summed E-state index contributed by atoms with van der Waals surface area (Å²) >= 11 is 3.04. The van der Waals surface area contributed by atoms with Crippen molar-refractivity contribution in [3.63, 3.8) is 0 Å². The van der Waals surface area contributed by atoms with E-state index in [1.54, 1.807) is 13.8 Å². The van der Waals surface area contributed by atoms with Crippen molar-refractivity contribution in [2.24, 2.45) is 0 Å². The first-order valence-corrected chi connectivity index (χ1v) is 9.50. The molecule has 0 spiro atoms. The van der Waals surface area contributed by atoms with Crippen molar-refractivity contribution in [3.8, 4) is 0 Å². The van der Waals surface area contributed by atoms with Crippen LogP contribution in [0.4, 0.5) is 8.78 Å². The van der Waals surface area contributed by atoms with Crippen molar-refractivity contribution >= 4 is 23.5 Å². The average Bonchev–Trinajstić information content (AvgIpc) is 2.45. The molecule has 130 valence electrons. The molecule has 0 bridgehead atoms. The summed E-state index contributed by atoms with van der Waals surface area (Å²) in [5.74, 6) is 0. The largest absolute Gasteiger partial charge is 0.399 e. The Balaban J connectivity index is 3.74. The van der Waals surface area contributed by atoms with E-state index in [0.29, 0.717) is 29.5 Å². The topological polar surface area (TPSA) is 77.8 Å². The van der Waals surface area contributed by atoms with Gasteiger partial charge in [-0.05, 0) is 57.9 Å². The van der Waals surface area contributed by atoms with Gasteiger partial charge in [-0.25, -0.2) is 0 Å². The summed E-state index contributed by atoms with van der Waals surface area (Å²) < 4.78 is 39.4. The van der Waals surface area contributed by atoms with E-state index in [1.807, 2.05) is 0 Å². The van der Waals surface area contributed by atoms with Gasteiger partial charge in [-0.1, -0.05) is 19.9 Å². The van der Waals surface area contributed by atoms with Crippen molar-refractivity contribution in [3.05, 3.63) is 45.4 Å². The van der Waals surface area contributed by atoms with E-state index < -0.39 is 24.9 Å². The molecule has 0 aliphatic heterocycles. The standard InChI is InChI=1S/C15H20BrF2O4P/c1-4-7-12(19)13-9(5-2)8-11(14(16)10(13)6-3)15(17,18)23(20,21)22/h4,8,12,19H,1,5-7H2,2-3H3,(H2,20,21,22). The molecule has 1 atom stereocenters. The molecule has 4 nitrogen and oxygen atoms in total. The van der Waals surface area contributed by atoms with E-state index in [0.717, 1.165) is 6.07 Å². The minimum atomic E-state index is -5.67. The lowest BCUT2D eigenvalue weighted by atomic mass is 9.90. The quantitative estimate of drug-likeness (QED) is 0.457. The molecule has 0 saturated carbocycles. The molecule has 8 heteroatoms. The van der Waals surface area contributed by atoms with Crippen LogP contribution in [-0.4, -0.2) is 14.9 Å². The van der Waals surface area contributed by atoms with Gasteiger partial charge in [0.2, 0.25) is 0 Å². The third-order valence-electron chi connectivity index (χ3n) is 3.64. The van der Waals surface area contributed by atoms with E-state index in [4.69, 9.17) is 9.79 Å². The van der Waals surface area contributed by atoms with Crippen molar-refractivity contribution in [2.45, 2.75) is 44.9 Å². The van der Waals surface area contributed by atoms with Crippen LogP contribution >= 0.6 is 23.5 Å². The highest BCUT2D eigenvalue weighted by atomic mass is 79.9. The average molecular weight is 413 g/mol. The third-order valence-corrected chi connectivity index (χ3v) is 5.52. The molecule has 0 fully saturated rings. The zero-order valence-corrected chi connectivity index (χ0v) is 15.4. The van der Waals surface area contributed by atoms with E-state index in [1.165, 1.54) is 6.08 Å². The van der Waals surface area contributed by atoms with Crippen LogP contribution in [0.15, 0.2) is 23.2 Å². The lowest BCUT2D eigenvalue weighted by Gasteiger charge is -2.25. The predicted octanol–water partition coefficient (Wildman–Crippen LogP) is 4.41. The maximum absolute atomic E-state index is 14.2. The zero-order valence-electron chi connectivity index (χ0n) is 12.9. The molecule has 0 aliphatic rings. The predicted molar refractivity (Wildman–Crippen MR) is 88.6 cm³/mol. The summed E-state index contributed by atoms with van der Waals surface area (Å²) in [6.45, 7) is 7.01.